The van der Waals surface area contributed by atoms with Crippen LogP contribution in [0.3, 0.4) is 0 Å². The quantitative estimate of drug-likeness (QED) is 0.595. The van der Waals surface area contributed by atoms with Gasteiger partial charge in [0.05, 0.1) is 0 Å². The summed E-state index contributed by atoms with van der Waals surface area (Å²) in [5.41, 5.74) is 1.06. The molecule has 0 aliphatic heterocycles. The maximum Gasteiger partial charge on any atom is -0.0267 e. The van der Waals surface area contributed by atoms with Crippen LogP contribution in [0.25, 0.3) is 0 Å². The zero-order valence-corrected chi connectivity index (χ0v) is 10.4. The molecule has 0 saturated heterocycles. The Balaban J connectivity index is 2.82. The fraction of sp³-hybridized carbons (Fsp3) is 1.00. The Bertz CT molecular complexity index is 188. The number of hydrogen-bond donors (Lipinski definition) is 0. The molecule has 78 valence electrons. The van der Waals surface area contributed by atoms with Crippen molar-refractivity contribution in [3.63, 3.8) is 0 Å². The molecule has 0 aromatic rings. The maximum atomic E-state index is 2.45. The lowest BCUT2D eigenvalue weighted by molar-refractivity contribution is -0.180. The van der Waals surface area contributed by atoms with Crippen LogP contribution in [0.4, 0.5) is 0 Å². The standard InChI is InChI=1S/C13H26/c1-8-9(2)11-10(3)12(4,5)13(11,6)7/h9-11H,8H2,1-7H3. The minimum atomic E-state index is 0.529. The maximum absolute atomic E-state index is 2.45. The molecule has 1 aliphatic rings. The van der Waals surface area contributed by atoms with E-state index in [1.807, 2.05) is 0 Å². The van der Waals surface area contributed by atoms with E-state index in [0.29, 0.717) is 10.8 Å². The van der Waals surface area contributed by atoms with E-state index in [2.05, 4.69) is 48.5 Å². The molecule has 0 aromatic heterocycles. The molecule has 13 heavy (non-hydrogen) atoms. The van der Waals surface area contributed by atoms with Gasteiger partial charge in [-0.3, -0.25) is 0 Å². The molecule has 0 nitrogen and oxygen atoms in total. The zero-order valence-electron chi connectivity index (χ0n) is 10.4. The van der Waals surface area contributed by atoms with Crippen molar-refractivity contribution in [1.29, 1.82) is 0 Å². The van der Waals surface area contributed by atoms with E-state index in [9.17, 15) is 0 Å². The van der Waals surface area contributed by atoms with Crippen LogP contribution >= 0.6 is 0 Å². The van der Waals surface area contributed by atoms with Crippen molar-refractivity contribution in [1.82, 2.24) is 0 Å². The first-order valence-electron chi connectivity index (χ1n) is 5.76. The second-order valence-corrected chi connectivity index (χ2v) is 6.14. The molecule has 0 heteroatoms. The molecule has 0 aromatic carbocycles. The summed E-state index contributed by atoms with van der Waals surface area (Å²) in [6, 6.07) is 0. The summed E-state index contributed by atoms with van der Waals surface area (Å²) in [6.45, 7) is 16.9. The van der Waals surface area contributed by atoms with Crippen molar-refractivity contribution in [2.75, 3.05) is 0 Å². The smallest absolute Gasteiger partial charge is 0.0267 e. The SMILES string of the molecule is CCC(C)C1C(C)C(C)(C)C1(C)C. The predicted octanol–water partition coefficient (Wildman–Crippen LogP) is 4.35. The van der Waals surface area contributed by atoms with E-state index in [4.69, 9.17) is 0 Å². The molecular formula is C13H26. The summed E-state index contributed by atoms with van der Waals surface area (Å²) in [5.74, 6) is 2.70. The minimum absolute atomic E-state index is 0.529. The Hall–Kier alpha value is 0. The van der Waals surface area contributed by atoms with Crippen molar-refractivity contribution in [2.24, 2.45) is 28.6 Å². The van der Waals surface area contributed by atoms with Crippen LogP contribution in [0, 0.1) is 28.6 Å². The van der Waals surface area contributed by atoms with Crippen LogP contribution in [0.15, 0.2) is 0 Å². The lowest BCUT2D eigenvalue weighted by Gasteiger charge is -2.66. The Kier molecular flexibility index (Phi) is 2.56. The Morgan fingerprint density at radius 1 is 1.08 bits per heavy atom. The normalized spacial score (nSPS) is 38.1. The summed E-state index contributed by atoms with van der Waals surface area (Å²) < 4.78 is 0. The molecule has 1 rings (SSSR count). The van der Waals surface area contributed by atoms with Crippen LogP contribution in [0.1, 0.15) is 54.9 Å². The predicted molar refractivity (Wildman–Crippen MR) is 59.7 cm³/mol. The van der Waals surface area contributed by atoms with E-state index < -0.39 is 0 Å². The first-order valence-corrected chi connectivity index (χ1v) is 5.76. The summed E-state index contributed by atoms with van der Waals surface area (Å²) in [6.07, 6.45) is 1.33. The van der Waals surface area contributed by atoms with Gasteiger partial charge in [0.15, 0.2) is 0 Å². The van der Waals surface area contributed by atoms with Gasteiger partial charge < -0.3 is 0 Å². The monoisotopic (exact) mass is 182 g/mol. The third kappa shape index (κ3) is 1.25. The van der Waals surface area contributed by atoms with Gasteiger partial charge in [-0.1, -0.05) is 54.9 Å². The van der Waals surface area contributed by atoms with E-state index in [1.165, 1.54) is 6.42 Å². The first kappa shape index (κ1) is 11.1. The molecule has 0 amide bonds. The Morgan fingerprint density at radius 2 is 1.54 bits per heavy atom. The molecule has 1 aliphatic carbocycles. The van der Waals surface area contributed by atoms with Gasteiger partial charge in [-0.15, -0.1) is 0 Å². The summed E-state index contributed by atoms with van der Waals surface area (Å²) in [5, 5.41) is 0. The molecule has 1 fully saturated rings. The van der Waals surface area contributed by atoms with Gasteiger partial charge in [0.1, 0.15) is 0 Å². The van der Waals surface area contributed by atoms with E-state index in [1.54, 1.807) is 0 Å². The average molecular weight is 182 g/mol. The molecule has 0 spiro atoms. The van der Waals surface area contributed by atoms with Crippen molar-refractivity contribution in [2.45, 2.75) is 54.9 Å². The lowest BCUT2D eigenvalue weighted by Crippen LogP contribution is -2.60. The van der Waals surface area contributed by atoms with E-state index >= 15 is 0 Å². The minimum Gasteiger partial charge on any atom is -0.0651 e. The van der Waals surface area contributed by atoms with Gasteiger partial charge in [0.2, 0.25) is 0 Å². The lowest BCUT2D eigenvalue weighted by atomic mass is 9.39. The van der Waals surface area contributed by atoms with Crippen molar-refractivity contribution in [3.05, 3.63) is 0 Å². The fourth-order valence-corrected chi connectivity index (χ4v) is 3.45. The molecule has 3 unspecified atom stereocenters. The van der Waals surface area contributed by atoms with Crippen molar-refractivity contribution < 1.29 is 0 Å². The van der Waals surface area contributed by atoms with Crippen molar-refractivity contribution in [3.8, 4) is 0 Å². The van der Waals surface area contributed by atoms with Crippen LogP contribution < -0.4 is 0 Å². The second kappa shape index (κ2) is 3.00. The van der Waals surface area contributed by atoms with Gasteiger partial charge in [0, 0.05) is 0 Å². The molecule has 0 bridgehead atoms. The van der Waals surface area contributed by atoms with Crippen LogP contribution in [-0.2, 0) is 0 Å². The van der Waals surface area contributed by atoms with Gasteiger partial charge in [0.25, 0.3) is 0 Å². The average Bonchev–Trinajstić information content (AvgIpc) is 2.03. The summed E-state index contributed by atoms with van der Waals surface area (Å²) >= 11 is 0. The number of rotatable bonds is 2. The Morgan fingerprint density at radius 3 is 1.85 bits per heavy atom. The molecule has 0 heterocycles. The largest absolute Gasteiger partial charge is 0.0651 e. The van der Waals surface area contributed by atoms with Gasteiger partial charge in [-0.2, -0.15) is 0 Å². The molecule has 1 saturated carbocycles. The highest BCUT2D eigenvalue weighted by Crippen LogP contribution is 2.66. The summed E-state index contributed by atoms with van der Waals surface area (Å²) in [7, 11) is 0. The van der Waals surface area contributed by atoms with Crippen LogP contribution in [0.2, 0.25) is 0 Å². The summed E-state index contributed by atoms with van der Waals surface area (Å²) in [4.78, 5) is 0. The highest BCUT2D eigenvalue weighted by atomic mass is 14.6. The molecule has 0 N–H and O–H groups in total. The molecule has 3 atom stereocenters. The highest BCUT2D eigenvalue weighted by molar-refractivity contribution is 5.08. The van der Waals surface area contributed by atoms with Crippen LogP contribution in [-0.4, -0.2) is 0 Å². The fourth-order valence-electron chi connectivity index (χ4n) is 3.45. The third-order valence-electron chi connectivity index (χ3n) is 5.43. The van der Waals surface area contributed by atoms with Crippen LogP contribution in [0.5, 0.6) is 0 Å². The van der Waals surface area contributed by atoms with Gasteiger partial charge in [-0.05, 0) is 28.6 Å². The van der Waals surface area contributed by atoms with Gasteiger partial charge in [-0.25, -0.2) is 0 Å². The second-order valence-electron chi connectivity index (χ2n) is 6.14. The van der Waals surface area contributed by atoms with Crippen molar-refractivity contribution >= 4 is 0 Å². The first-order chi connectivity index (χ1) is 5.76. The molecule has 0 radical (unpaired) electrons. The van der Waals surface area contributed by atoms with E-state index in [0.717, 1.165) is 17.8 Å². The van der Waals surface area contributed by atoms with Gasteiger partial charge >= 0.3 is 0 Å². The number of hydrogen-bond acceptors (Lipinski definition) is 0. The molecular weight excluding hydrogens is 156 g/mol. The Labute approximate surface area is 84.1 Å². The van der Waals surface area contributed by atoms with E-state index in [-0.39, 0.29) is 0 Å². The topological polar surface area (TPSA) is 0 Å². The third-order valence-corrected chi connectivity index (χ3v) is 5.43. The zero-order chi connectivity index (χ0) is 10.4. The highest BCUT2D eigenvalue weighted by Gasteiger charge is 2.60.